The number of para-hydroxylation sites is 1. The Balaban J connectivity index is 1.93. The van der Waals surface area contributed by atoms with Crippen molar-refractivity contribution in [3.63, 3.8) is 0 Å². The summed E-state index contributed by atoms with van der Waals surface area (Å²) >= 11 is 4.49. The lowest BCUT2D eigenvalue weighted by Crippen LogP contribution is -2.26. The normalized spacial score (nSPS) is 10.7. The lowest BCUT2D eigenvalue weighted by molar-refractivity contribution is -0.116. The zero-order valence-corrected chi connectivity index (χ0v) is 19.6. The predicted octanol–water partition coefficient (Wildman–Crippen LogP) is 4.95. The second-order valence-corrected chi connectivity index (χ2v) is 7.72. The summed E-state index contributed by atoms with van der Waals surface area (Å²) in [5.41, 5.74) is 1.85. The van der Waals surface area contributed by atoms with Gasteiger partial charge in [0.25, 0.3) is 0 Å². The molecule has 6 nitrogen and oxygen atoms in total. The lowest BCUT2D eigenvalue weighted by Gasteiger charge is -2.24. The van der Waals surface area contributed by atoms with Crippen molar-refractivity contribution >= 4 is 35.7 Å². The fourth-order valence-electron chi connectivity index (χ4n) is 3.48. The van der Waals surface area contributed by atoms with E-state index in [1.165, 1.54) is 5.69 Å². The van der Waals surface area contributed by atoms with Crippen LogP contribution in [0.5, 0.6) is 0 Å². The van der Waals surface area contributed by atoms with Crippen molar-refractivity contribution in [3.05, 3.63) is 36.2 Å². The highest BCUT2D eigenvalue weighted by Crippen LogP contribution is 2.29. The van der Waals surface area contributed by atoms with Gasteiger partial charge in [-0.3, -0.25) is 4.79 Å². The van der Waals surface area contributed by atoms with E-state index in [2.05, 4.69) is 82.8 Å². The van der Waals surface area contributed by atoms with Crippen molar-refractivity contribution in [1.82, 2.24) is 9.97 Å². The number of benzene rings is 1. The van der Waals surface area contributed by atoms with Gasteiger partial charge in [-0.25, -0.2) is 9.97 Å². The van der Waals surface area contributed by atoms with E-state index in [1.807, 2.05) is 13.0 Å². The Bertz CT molecular complexity index is 796. The van der Waals surface area contributed by atoms with E-state index in [-0.39, 0.29) is 5.91 Å². The zero-order chi connectivity index (χ0) is 21.9. The molecule has 30 heavy (non-hydrogen) atoms. The first-order chi connectivity index (χ1) is 14.5. The van der Waals surface area contributed by atoms with Crippen LogP contribution in [-0.2, 0) is 4.79 Å². The van der Waals surface area contributed by atoms with Crippen LogP contribution in [0.4, 0.5) is 17.2 Å². The molecule has 0 saturated heterocycles. The standard InChI is InChI=1S/C23H35N5OS/c1-5-16-28(19-13-9-8-10-14-19)17-12-11-15-20(29)26-21-22(27(6-2)7-3)24-18(4)25-23(21)30/h8-10,13-14H,5-7,11-12,15-17H2,1-4H3,(H,26,29)(H,24,25,30). The van der Waals surface area contributed by atoms with Crippen LogP contribution in [0.2, 0.25) is 0 Å². The molecule has 2 rings (SSSR count). The average Bonchev–Trinajstić information content (AvgIpc) is 2.74. The summed E-state index contributed by atoms with van der Waals surface area (Å²) in [5.74, 6) is 1.37. The molecule has 0 fully saturated rings. The molecule has 0 atom stereocenters. The first kappa shape index (κ1) is 24.0. The molecule has 1 aromatic heterocycles. The van der Waals surface area contributed by atoms with Gasteiger partial charge in [0, 0.05) is 38.3 Å². The number of carbonyl (C=O) groups excluding carboxylic acids is 1. The van der Waals surface area contributed by atoms with E-state index in [1.54, 1.807) is 0 Å². The molecule has 164 valence electrons. The Kier molecular flexibility index (Phi) is 9.94. The molecular formula is C23H35N5OS. The minimum atomic E-state index is -0.0205. The van der Waals surface area contributed by atoms with Crippen LogP contribution in [0.25, 0.3) is 0 Å². The summed E-state index contributed by atoms with van der Waals surface area (Å²) in [6.45, 7) is 11.7. The SMILES string of the molecule is CCCN(CCCCC(=O)Nc1c(S)nc(C)nc1N(CC)CC)c1ccccc1. The minimum Gasteiger partial charge on any atom is -0.372 e. The molecule has 0 aliphatic rings. The second kappa shape index (κ2) is 12.4. The highest BCUT2D eigenvalue weighted by Gasteiger charge is 2.17. The monoisotopic (exact) mass is 429 g/mol. The number of nitrogens with one attached hydrogen (secondary N) is 1. The number of aryl methyl sites for hydroxylation is 1. The van der Waals surface area contributed by atoms with E-state index >= 15 is 0 Å². The quantitative estimate of drug-likeness (QED) is 0.284. The zero-order valence-electron chi connectivity index (χ0n) is 18.7. The number of unbranched alkanes of at least 4 members (excludes halogenated alkanes) is 1. The van der Waals surface area contributed by atoms with Gasteiger partial charge in [-0.05, 0) is 52.2 Å². The van der Waals surface area contributed by atoms with Crippen molar-refractivity contribution in [2.45, 2.75) is 58.4 Å². The maximum Gasteiger partial charge on any atom is 0.224 e. The van der Waals surface area contributed by atoms with Crippen LogP contribution in [0.3, 0.4) is 0 Å². The first-order valence-corrected chi connectivity index (χ1v) is 11.4. The second-order valence-electron chi connectivity index (χ2n) is 7.29. The van der Waals surface area contributed by atoms with Crippen LogP contribution in [0, 0.1) is 6.92 Å². The summed E-state index contributed by atoms with van der Waals surface area (Å²) in [6, 6.07) is 10.5. The smallest absolute Gasteiger partial charge is 0.224 e. The van der Waals surface area contributed by atoms with Crippen molar-refractivity contribution in [1.29, 1.82) is 0 Å². The van der Waals surface area contributed by atoms with E-state index < -0.39 is 0 Å². The summed E-state index contributed by atoms with van der Waals surface area (Å²) in [5, 5.41) is 3.51. The summed E-state index contributed by atoms with van der Waals surface area (Å²) in [7, 11) is 0. The van der Waals surface area contributed by atoms with Crippen LogP contribution >= 0.6 is 12.6 Å². The summed E-state index contributed by atoms with van der Waals surface area (Å²) in [6.07, 6.45) is 3.35. The molecular weight excluding hydrogens is 394 g/mol. The van der Waals surface area contributed by atoms with Crippen LogP contribution < -0.4 is 15.1 Å². The maximum atomic E-state index is 12.6. The molecule has 0 bridgehead atoms. The minimum absolute atomic E-state index is 0.0205. The number of anilines is 3. The van der Waals surface area contributed by atoms with Gasteiger partial charge in [-0.2, -0.15) is 0 Å². The number of hydrogen-bond acceptors (Lipinski definition) is 6. The van der Waals surface area contributed by atoms with Gasteiger partial charge in [-0.1, -0.05) is 25.1 Å². The third-order valence-corrected chi connectivity index (χ3v) is 5.33. The van der Waals surface area contributed by atoms with E-state index in [0.717, 1.165) is 51.3 Å². The molecule has 0 spiro atoms. The maximum absolute atomic E-state index is 12.6. The Labute approximate surface area is 186 Å². The van der Waals surface area contributed by atoms with Gasteiger partial charge >= 0.3 is 0 Å². The molecule has 0 aliphatic heterocycles. The molecule has 0 unspecified atom stereocenters. The highest BCUT2D eigenvalue weighted by atomic mass is 32.1. The van der Waals surface area contributed by atoms with Gasteiger partial charge in [0.2, 0.25) is 5.91 Å². The van der Waals surface area contributed by atoms with Crippen molar-refractivity contribution in [2.75, 3.05) is 41.3 Å². The number of hydrogen-bond donors (Lipinski definition) is 2. The summed E-state index contributed by atoms with van der Waals surface area (Å²) in [4.78, 5) is 26.0. The molecule has 0 radical (unpaired) electrons. The van der Waals surface area contributed by atoms with E-state index in [0.29, 0.717) is 23.0 Å². The molecule has 1 heterocycles. The largest absolute Gasteiger partial charge is 0.372 e. The lowest BCUT2D eigenvalue weighted by atomic mass is 10.2. The van der Waals surface area contributed by atoms with Crippen LogP contribution in [0.15, 0.2) is 35.4 Å². The Morgan fingerprint density at radius 2 is 1.70 bits per heavy atom. The molecule has 0 saturated carbocycles. The van der Waals surface area contributed by atoms with Crippen LogP contribution in [0.1, 0.15) is 52.3 Å². The molecule has 7 heteroatoms. The number of carbonyl (C=O) groups is 1. The topological polar surface area (TPSA) is 61.4 Å². The molecule has 1 aromatic carbocycles. The number of amides is 1. The predicted molar refractivity (Wildman–Crippen MR) is 129 cm³/mol. The Hall–Kier alpha value is -2.28. The molecule has 2 aromatic rings. The molecule has 1 N–H and O–H groups in total. The van der Waals surface area contributed by atoms with Crippen molar-refractivity contribution in [3.8, 4) is 0 Å². The molecule has 0 aliphatic carbocycles. The van der Waals surface area contributed by atoms with Gasteiger partial charge in [0.05, 0.1) is 0 Å². The Morgan fingerprint density at radius 3 is 2.33 bits per heavy atom. The van der Waals surface area contributed by atoms with E-state index in [9.17, 15) is 4.79 Å². The number of nitrogens with zero attached hydrogens (tertiary/aromatic N) is 4. The fraction of sp³-hybridized carbons (Fsp3) is 0.522. The van der Waals surface area contributed by atoms with Gasteiger partial charge in [-0.15, -0.1) is 12.6 Å². The average molecular weight is 430 g/mol. The number of aromatic nitrogens is 2. The van der Waals surface area contributed by atoms with Gasteiger partial charge in [0.1, 0.15) is 16.5 Å². The van der Waals surface area contributed by atoms with Gasteiger partial charge in [0.15, 0.2) is 5.82 Å². The number of rotatable bonds is 12. The Morgan fingerprint density at radius 1 is 1.00 bits per heavy atom. The van der Waals surface area contributed by atoms with Crippen molar-refractivity contribution < 1.29 is 4.79 Å². The van der Waals surface area contributed by atoms with E-state index in [4.69, 9.17) is 0 Å². The first-order valence-electron chi connectivity index (χ1n) is 10.9. The number of thiol groups is 1. The third-order valence-electron chi connectivity index (χ3n) is 5.01. The van der Waals surface area contributed by atoms with Crippen LogP contribution in [-0.4, -0.2) is 42.1 Å². The fourth-order valence-corrected chi connectivity index (χ4v) is 3.78. The summed E-state index contributed by atoms with van der Waals surface area (Å²) < 4.78 is 0. The van der Waals surface area contributed by atoms with Gasteiger partial charge < -0.3 is 15.1 Å². The third kappa shape index (κ3) is 6.90. The molecule has 1 amide bonds. The highest BCUT2D eigenvalue weighted by molar-refractivity contribution is 7.80. The van der Waals surface area contributed by atoms with Crippen molar-refractivity contribution in [2.24, 2.45) is 0 Å².